The minimum absolute atomic E-state index is 0. The van der Waals surface area contributed by atoms with Crippen molar-refractivity contribution in [2.75, 3.05) is 87.0 Å². The van der Waals surface area contributed by atoms with Crippen molar-refractivity contribution < 1.29 is 93.8 Å². The van der Waals surface area contributed by atoms with Gasteiger partial charge in [0.25, 0.3) is 5.91 Å². The molecule has 0 saturated carbocycles. The number of unbranched alkanes of at least 4 members (excludes halogenated alkanes) is 2. The van der Waals surface area contributed by atoms with Gasteiger partial charge in [0.1, 0.15) is 29.0 Å². The molecule has 27 heteroatoms. The topological polar surface area (TPSA) is 265 Å². The molecule has 4 heterocycles. The van der Waals surface area contributed by atoms with Gasteiger partial charge in [0.05, 0.1) is 74.5 Å². The standard InChI is InChI=1S/C47H55ClFN3O6S.C45H51ClIN3O7S2.CH4.BrH/c1-46(2)38-14-5-7-16-40(38)51(27-9-10-33-59(54,55)56)42(46)24-20-34-12-11-13-35(44(34)48)21-25-43-47(3,4)39-15-6-8-17-41(39)52(43)28-30-58-32-31-57-29-26-50-45(53)36-18-22-37(49)23-19-36;1-30-15-19-38-36(27-30)44(2,3)40(50(38)25-10-23-48-43(51)33-13-9-14-34(47)28-33)21-16-31-11-8-12-32(42(31)46)17-22-41-45(4,5)37-29-35(59(55,56)57)18-20-39(37)49(41)24-6-7-26-58(52,53)54;;/h5-8,14-25H,9-13,26-33H2,1-4H3,(H-,50,53,54,55,56);9,13-22,27-29H,6-8,10-12,23-26H2,1-5H3,(H2-,48,51,52,53,54,55,56,57);1H4;1H/p-1/i49-1;47-3;;. The Kier molecular flexibility index (Phi) is 33.3. The SMILES string of the molecule is C.CC1(C)C(/C=C/C2=C(Cl)C(=C/C=C3/N(CCOCCOCCNC(=O)c4ccc([18F])cc4)c4ccccc4C3(C)C)/CCC2)=[N+](CCCCS(=O)(=O)[O-])c2ccccc21.Cc1ccc2c(c1)C(C)(C)/C(=C\C=C1/CCCC(/C=C/C3=[N+](CCCCS(=O)(=O)[O-])c4ccc(S(=O)(=O)[O-])cc4C3(C)C)=C1Cl)N2CCC[NH2+]C(=O)c1cccc([124I])c1.[Br-]. The average Bonchev–Trinajstić information content (AvgIpc) is 1.55. The predicted molar refractivity (Wildman–Crippen MR) is 479 cm³/mol. The minimum Gasteiger partial charge on any atom is -1.00 e. The number of rotatable bonds is 32. The molecule has 2 amide bonds. The maximum atomic E-state index is 13.1. The summed E-state index contributed by atoms with van der Waals surface area (Å²) < 4.78 is 134. The van der Waals surface area contributed by atoms with Crippen molar-refractivity contribution in [1.29, 1.82) is 0 Å². The quantitative estimate of drug-likeness (QED) is 0.0172. The first-order valence-electron chi connectivity index (χ1n) is 40.3. The van der Waals surface area contributed by atoms with Gasteiger partial charge in [-0.1, -0.05) is 143 Å². The number of anilines is 2. The largest absolute Gasteiger partial charge is 1.00 e. The zero-order valence-corrected chi connectivity index (χ0v) is 76.6. The van der Waals surface area contributed by atoms with Gasteiger partial charge in [-0.25, -0.2) is 34.4 Å². The van der Waals surface area contributed by atoms with E-state index < -0.39 is 41.5 Å². The molecule has 6 aromatic rings. The maximum Gasteiger partial charge on any atom is 0.342 e. The fourth-order valence-corrected chi connectivity index (χ4v) is 19.5. The fraction of sp³-hybridized carbons (Fsp3) is 0.398. The number of quaternary nitrogens is 1. The average molecular weight is 1910 g/mol. The summed E-state index contributed by atoms with van der Waals surface area (Å²) in [4.78, 5) is 29.5. The van der Waals surface area contributed by atoms with Crippen molar-refractivity contribution in [1.82, 2.24) is 5.32 Å². The predicted octanol–water partition coefficient (Wildman–Crippen LogP) is 14.3. The Morgan fingerprint density at radius 1 is 0.550 bits per heavy atom. The number of amides is 2. The molecule has 2 aliphatic carbocycles. The molecule has 6 aromatic carbocycles. The van der Waals surface area contributed by atoms with Gasteiger partial charge in [0.2, 0.25) is 11.4 Å². The summed E-state index contributed by atoms with van der Waals surface area (Å²) in [7, 11) is -13.3. The molecule has 0 saturated heterocycles. The van der Waals surface area contributed by atoms with E-state index in [1.807, 2.05) is 67.0 Å². The second-order valence-corrected chi connectivity index (χ2v) is 39.2. The van der Waals surface area contributed by atoms with Crippen LogP contribution in [0.5, 0.6) is 0 Å². The number of hydrogen-bond acceptors (Lipinski definition) is 15. The fourth-order valence-electron chi connectivity index (χ4n) is 16.7. The van der Waals surface area contributed by atoms with Crippen molar-refractivity contribution in [2.45, 2.75) is 167 Å². The Labute approximate surface area is 743 Å². The molecular formula is C93H110BrCl2FIN6O13S3-. The number of carbonyl (C=O) groups excluding carboxylic acids is 2. The van der Waals surface area contributed by atoms with Crippen molar-refractivity contribution in [3.8, 4) is 0 Å². The van der Waals surface area contributed by atoms with E-state index in [4.69, 9.17) is 32.7 Å². The molecule has 120 heavy (non-hydrogen) atoms. The lowest BCUT2D eigenvalue weighted by molar-refractivity contribution is -0.555. The van der Waals surface area contributed by atoms with Crippen LogP contribution in [0.3, 0.4) is 0 Å². The Bertz CT molecular complexity index is 5520. The number of aryl methyl sites for hydroxylation is 1. The Balaban J connectivity index is 0.000000269. The second kappa shape index (κ2) is 41.4. The first-order chi connectivity index (χ1) is 55.9. The monoisotopic (exact) mass is 1910 g/mol. The van der Waals surface area contributed by atoms with Gasteiger partial charge >= 0.3 is 5.91 Å². The third-order valence-electron chi connectivity index (χ3n) is 23.0. The van der Waals surface area contributed by atoms with E-state index in [0.717, 1.165) is 122 Å². The van der Waals surface area contributed by atoms with Crippen LogP contribution in [0.1, 0.15) is 182 Å². The van der Waals surface area contributed by atoms with Crippen LogP contribution in [-0.2, 0) is 61.5 Å². The van der Waals surface area contributed by atoms with Gasteiger partial charge in [-0.05, 0) is 221 Å². The lowest BCUT2D eigenvalue weighted by Crippen LogP contribution is -3.00. The number of nitrogens with two attached hydrogens (primary N) is 1. The summed E-state index contributed by atoms with van der Waals surface area (Å²) in [6.45, 7) is 24.4. The van der Waals surface area contributed by atoms with E-state index in [-0.39, 0.29) is 75.4 Å². The molecule has 6 aliphatic rings. The van der Waals surface area contributed by atoms with Crippen molar-refractivity contribution >= 4 is 122 Å². The smallest absolute Gasteiger partial charge is 0.342 e. The van der Waals surface area contributed by atoms with Gasteiger partial charge in [-0.15, -0.1) is 0 Å². The van der Waals surface area contributed by atoms with Crippen LogP contribution in [0.15, 0.2) is 231 Å². The van der Waals surface area contributed by atoms with Crippen LogP contribution >= 0.6 is 45.8 Å². The minimum atomic E-state index is -4.70. The molecule has 12 rings (SSSR count). The number of primary amides is 1. The molecule has 644 valence electrons. The molecule has 0 bridgehead atoms. The molecule has 4 aliphatic heterocycles. The number of fused-ring (bicyclic) bond motifs is 4. The van der Waals surface area contributed by atoms with Crippen LogP contribution in [0.25, 0.3) is 0 Å². The van der Waals surface area contributed by atoms with Gasteiger partial charge < -0.3 is 55.2 Å². The van der Waals surface area contributed by atoms with Crippen LogP contribution < -0.4 is 37.4 Å². The number of halogens is 5. The normalized spacial score (nSPS) is 18.5. The molecule has 0 spiro atoms. The van der Waals surface area contributed by atoms with E-state index in [0.29, 0.717) is 100 Å². The number of nitrogens with one attached hydrogen (secondary N) is 1. The Hall–Kier alpha value is -7.35. The van der Waals surface area contributed by atoms with Crippen molar-refractivity contribution in [2.24, 2.45) is 0 Å². The van der Waals surface area contributed by atoms with Gasteiger partial charge in [0.15, 0.2) is 11.4 Å². The first-order valence-corrected chi connectivity index (χ1v) is 46.7. The molecule has 0 aromatic heterocycles. The first kappa shape index (κ1) is 96.5. The number of nitrogens with zero attached hydrogens (tertiary/aromatic N) is 4. The molecule has 0 atom stereocenters. The number of allylic oxidation sites excluding steroid dienone is 16. The van der Waals surface area contributed by atoms with Gasteiger partial charge in [-0.2, -0.15) is 9.15 Å². The zero-order valence-electron chi connectivity index (χ0n) is 68.9. The highest BCUT2D eigenvalue weighted by Crippen LogP contribution is 2.51. The third kappa shape index (κ3) is 23.6. The molecule has 0 unspecified atom stereocenters. The van der Waals surface area contributed by atoms with Crippen LogP contribution in [0.2, 0.25) is 0 Å². The van der Waals surface area contributed by atoms with Crippen molar-refractivity contribution in [3.05, 3.63) is 274 Å². The van der Waals surface area contributed by atoms with Gasteiger partial charge in [-0.3, -0.25) is 10.1 Å². The third-order valence-corrected chi connectivity index (χ3v) is 27.1. The highest BCUT2D eigenvalue weighted by atomic mass is 124. The van der Waals surface area contributed by atoms with E-state index in [2.05, 4.69) is 182 Å². The summed E-state index contributed by atoms with van der Waals surface area (Å²) in [6.07, 6.45) is 24.4. The van der Waals surface area contributed by atoms with E-state index in [1.54, 1.807) is 11.4 Å². The highest BCUT2D eigenvalue weighted by molar-refractivity contribution is 14.1. The number of para-hydroxylation sites is 2. The van der Waals surface area contributed by atoms with E-state index in [1.165, 1.54) is 64.3 Å². The van der Waals surface area contributed by atoms with Crippen LogP contribution in [-0.4, -0.2) is 149 Å². The summed E-state index contributed by atoms with van der Waals surface area (Å²) >= 11 is 16.6. The van der Waals surface area contributed by atoms with Crippen molar-refractivity contribution in [3.63, 3.8) is 0 Å². The second-order valence-electron chi connectivity index (χ2n) is 32.8. The molecule has 3 N–H and O–H groups in total. The Morgan fingerprint density at radius 2 is 1.07 bits per heavy atom. The summed E-state index contributed by atoms with van der Waals surface area (Å²) in [5.41, 5.74) is 17.7. The summed E-state index contributed by atoms with van der Waals surface area (Å²) in [5.74, 6) is -1.46. The zero-order chi connectivity index (χ0) is 85.1. The molecule has 0 fully saturated rings. The maximum absolute atomic E-state index is 13.1. The Morgan fingerprint density at radius 3 is 1.65 bits per heavy atom. The summed E-state index contributed by atoms with van der Waals surface area (Å²) in [5, 5.41) is 6.00. The van der Waals surface area contributed by atoms with Crippen LogP contribution in [0, 0.1) is 16.3 Å². The molecule has 0 radical (unpaired) electrons. The van der Waals surface area contributed by atoms with E-state index >= 15 is 0 Å². The highest BCUT2D eigenvalue weighted by Gasteiger charge is 2.47. The number of hydrogen-bond donors (Lipinski definition) is 2. The van der Waals surface area contributed by atoms with Gasteiger partial charge in [0, 0.05) is 139 Å². The molecule has 19 nitrogen and oxygen atoms in total. The lowest BCUT2D eigenvalue weighted by atomic mass is 9.81. The van der Waals surface area contributed by atoms with E-state index in [9.17, 15) is 52.9 Å². The number of carbonyl (C=O) groups is 2. The lowest BCUT2D eigenvalue weighted by Gasteiger charge is -2.27. The molecular weight excluding hydrogens is 1800 g/mol. The van der Waals surface area contributed by atoms with Crippen LogP contribution in [0.4, 0.5) is 27.1 Å². The number of ether oxygens (including phenoxy) is 2. The number of benzene rings is 6. The summed E-state index contributed by atoms with van der Waals surface area (Å²) in [6, 6.07) is 40.8.